The molecule has 23 heavy (non-hydrogen) atoms. The van der Waals surface area contributed by atoms with E-state index in [1.54, 1.807) is 5.06 Å². The van der Waals surface area contributed by atoms with Crippen molar-refractivity contribution < 1.29 is 14.4 Å². The van der Waals surface area contributed by atoms with Crippen LogP contribution in [0.5, 0.6) is 0 Å². The molecule has 4 heteroatoms. The summed E-state index contributed by atoms with van der Waals surface area (Å²) in [7, 11) is 0. The lowest BCUT2D eigenvalue weighted by Gasteiger charge is -2.21. The van der Waals surface area contributed by atoms with Crippen molar-refractivity contribution in [2.45, 2.75) is 31.9 Å². The highest BCUT2D eigenvalue weighted by molar-refractivity contribution is 5.79. The average molecular weight is 309 g/mol. The molecule has 0 bridgehead atoms. The molecule has 1 saturated heterocycles. The van der Waals surface area contributed by atoms with Crippen molar-refractivity contribution in [1.29, 1.82) is 0 Å². The third-order valence-corrected chi connectivity index (χ3v) is 4.67. The first-order chi connectivity index (χ1) is 11.2. The second-order valence-corrected chi connectivity index (χ2v) is 6.15. The predicted octanol–water partition coefficient (Wildman–Crippen LogP) is 4.31. The SMILES string of the molecule is CC1CCCN1OC(=O)OC1c2ccccc2-c2ccccc21. The third-order valence-electron chi connectivity index (χ3n) is 4.67. The molecule has 0 saturated carbocycles. The van der Waals surface area contributed by atoms with Crippen LogP contribution in [0.2, 0.25) is 0 Å². The molecular weight excluding hydrogens is 290 g/mol. The number of benzene rings is 2. The first-order valence-electron chi connectivity index (χ1n) is 8.07. The van der Waals surface area contributed by atoms with E-state index in [4.69, 9.17) is 9.57 Å². The summed E-state index contributed by atoms with van der Waals surface area (Å²) in [5, 5.41) is 1.72. The van der Waals surface area contributed by atoms with E-state index >= 15 is 0 Å². The molecule has 0 aromatic heterocycles. The highest BCUT2D eigenvalue weighted by Gasteiger charge is 2.33. The minimum Gasteiger partial charge on any atom is -0.420 e. The molecule has 1 aliphatic heterocycles. The van der Waals surface area contributed by atoms with Crippen molar-refractivity contribution in [2.75, 3.05) is 6.54 Å². The molecule has 0 spiro atoms. The molecule has 2 aromatic carbocycles. The summed E-state index contributed by atoms with van der Waals surface area (Å²) in [6, 6.07) is 16.3. The molecule has 4 rings (SSSR count). The van der Waals surface area contributed by atoms with Crippen molar-refractivity contribution in [3.8, 4) is 11.1 Å². The lowest BCUT2D eigenvalue weighted by Crippen LogP contribution is -2.30. The minimum atomic E-state index is -0.629. The summed E-state index contributed by atoms with van der Waals surface area (Å²) in [4.78, 5) is 17.6. The average Bonchev–Trinajstić information content (AvgIpc) is 3.11. The lowest BCUT2D eigenvalue weighted by molar-refractivity contribution is -0.137. The van der Waals surface area contributed by atoms with Gasteiger partial charge in [0, 0.05) is 23.7 Å². The second-order valence-electron chi connectivity index (χ2n) is 6.15. The van der Waals surface area contributed by atoms with Crippen LogP contribution in [-0.4, -0.2) is 23.8 Å². The molecule has 1 fully saturated rings. The van der Waals surface area contributed by atoms with Crippen molar-refractivity contribution in [3.63, 3.8) is 0 Å². The molecule has 0 amide bonds. The molecule has 2 aliphatic rings. The zero-order valence-electron chi connectivity index (χ0n) is 13.1. The Morgan fingerprint density at radius 1 is 1.04 bits per heavy atom. The van der Waals surface area contributed by atoms with E-state index in [9.17, 15) is 4.79 Å². The molecule has 118 valence electrons. The standard InChI is InChI=1S/C19H19NO3/c1-13-7-6-12-20(13)23-19(21)22-18-16-10-4-2-8-14(16)15-9-3-5-11-17(15)18/h2-5,8-11,13,18H,6-7,12H2,1H3. The fourth-order valence-corrected chi connectivity index (χ4v) is 3.49. The van der Waals surface area contributed by atoms with Crippen LogP contribution in [0.1, 0.15) is 37.0 Å². The summed E-state index contributed by atoms with van der Waals surface area (Å²) in [5.74, 6) is 0. The van der Waals surface area contributed by atoms with E-state index < -0.39 is 12.3 Å². The summed E-state index contributed by atoms with van der Waals surface area (Å²) in [5.41, 5.74) is 4.27. The number of carbonyl (C=O) groups excluding carboxylic acids is 1. The Kier molecular flexibility index (Phi) is 3.54. The van der Waals surface area contributed by atoms with Gasteiger partial charge in [0.1, 0.15) is 0 Å². The molecule has 0 radical (unpaired) electrons. The monoisotopic (exact) mass is 309 g/mol. The van der Waals surface area contributed by atoms with Crippen LogP contribution in [0.25, 0.3) is 11.1 Å². The molecular formula is C19H19NO3. The second kappa shape index (κ2) is 5.70. The number of carbonyl (C=O) groups is 1. The molecule has 0 N–H and O–H groups in total. The fraction of sp³-hybridized carbons (Fsp3) is 0.316. The van der Waals surface area contributed by atoms with E-state index in [0.29, 0.717) is 0 Å². The molecule has 2 aromatic rings. The molecule has 1 aliphatic carbocycles. The number of fused-ring (bicyclic) bond motifs is 3. The van der Waals surface area contributed by atoms with Crippen LogP contribution < -0.4 is 0 Å². The topological polar surface area (TPSA) is 38.8 Å². The highest BCUT2D eigenvalue weighted by atomic mass is 16.8. The summed E-state index contributed by atoms with van der Waals surface area (Å²) >= 11 is 0. The van der Waals surface area contributed by atoms with Crippen LogP contribution >= 0.6 is 0 Å². The maximum Gasteiger partial charge on any atom is 0.528 e. The quantitative estimate of drug-likeness (QED) is 0.775. The third kappa shape index (κ3) is 2.49. The van der Waals surface area contributed by atoms with Gasteiger partial charge in [-0.3, -0.25) is 0 Å². The van der Waals surface area contributed by atoms with E-state index in [1.807, 2.05) is 36.4 Å². The number of hydrogen-bond donors (Lipinski definition) is 0. The number of rotatable bonds is 2. The zero-order chi connectivity index (χ0) is 15.8. The summed E-state index contributed by atoms with van der Waals surface area (Å²) < 4.78 is 5.67. The molecule has 1 atom stereocenters. The predicted molar refractivity (Wildman–Crippen MR) is 86.7 cm³/mol. The van der Waals surface area contributed by atoms with Gasteiger partial charge in [-0.1, -0.05) is 48.5 Å². The number of nitrogens with zero attached hydrogens (tertiary/aromatic N) is 1. The minimum absolute atomic E-state index is 0.255. The van der Waals surface area contributed by atoms with E-state index in [2.05, 4.69) is 19.1 Å². The van der Waals surface area contributed by atoms with Crippen molar-refractivity contribution in [3.05, 3.63) is 59.7 Å². The Balaban J connectivity index is 1.58. The van der Waals surface area contributed by atoms with Crippen molar-refractivity contribution >= 4 is 6.16 Å². The highest BCUT2D eigenvalue weighted by Crippen LogP contribution is 2.45. The Morgan fingerprint density at radius 2 is 1.65 bits per heavy atom. The molecule has 1 unspecified atom stereocenters. The Morgan fingerprint density at radius 3 is 2.22 bits per heavy atom. The molecule has 1 heterocycles. The number of ether oxygens (including phenoxy) is 1. The largest absolute Gasteiger partial charge is 0.528 e. The number of hydrogen-bond acceptors (Lipinski definition) is 4. The van der Waals surface area contributed by atoms with Gasteiger partial charge in [-0.2, -0.15) is 0 Å². The van der Waals surface area contributed by atoms with Gasteiger partial charge >= 0.3 is 6.16 Å². The Bertz CT molecular complexity index is 697. The van der Waals surface area contributed by atoms with Crippen LogP contribution in [0.15, 0.2) is 48.5 Å². The first kappa shape index (κ1) is 14.3. The normalized spacial score (nSPS) is 20.1. The number of hydroxylamine groups is 2. The van der Waals surface area contributed by atoms with Gasteiger partial charge in [-0.05, 0) is 30.9 Å². The molecule has 4 nitrogen and oxygen atoms in total. The van der Waals surface area contributed by atoms with Crippen LogP contribution in [0.3, 0.4) is 0 Å². The van der Waals surface area contributed by atoms with Gasteiger partial charge in [0.25, 0.3) is 0 Å². The Labute approximate surface area is 135 Å². The van der Waals surface area contributed by atoms with E-state index in [-0.39, 0.29) is 6.04 Å². The zero-order valence-corrected chi connectivity index (χ0v) is 13.1. The van der Waals surface area contributed by atoms with Crippen molar-refractivity contribution in [1.82, 2.24) is 5.06 Å². The smallest absolute Gasteiger partial charge is 0.420 e. The van der Waals surface area contributed by atoms with Crippen LogP contribution in [-0.2, 0) is 9.57 Å². The Hall–Kier alpha value is -2.33. The summed E-state index contributed by atoms with van der Waals surface area (Å²) in [6.45, 7) is 2.83. The summed E-state index contributed by atoms with van der Waals surface area (Å²) in [6.07, 6.45) is 1.06. The van der Waals surface area contributed by atoms with E-state index in [0.717, 1.165) is 41.6 Å². The maximum absolute atomic E-state index is 12.2. The fourth-order valence-electron chi connectivity index (χ4n) is 3.49. The van der Waals surface area contributed by atoms with Gasteiger partial charge in [-0.25, -0.2) is 4.79 Å². The van der Waals surface area contributed by atoms with Gasteiger partial charge in [0.15, 0.2) is 6.10 Å². The lowest BCUT2D eigenvalue weighted by atomic mass is 10.1. The van der Waals surface area contributed by atoms with Gasteiger partial charge in [0.05, 0.1) is 0 Å². The van der Waals surface area contributed by atoms with Gasteiger partial charge < -0.3 is 9.57 Å². The van der Waals surface area contributed by atoms with Crippen molar-refractivity contribution in [2.24, 2.45) is 0 Å². The van der Waals surface area contributed by atoms with Crippen LogP contribution in [0.4, 0.5) is 4.79 Å². The van der Waals surface area contributed by atoms with E-state index in [1.165, 1.54) is 0 Å². The van der Waals surface area contributed by atoms with Crippen LogP contribution in [0, 0.1) is 0 Å². The van der Waals surface area contributed by atoms with Gasteiger partial charge in [0.2, 0.25) is 0 Å². The van der Waals surface area contributed by atoms with Gasteiger partial charge in [-0.15, -0.1) is 5.06 Å². The first-order valence-corrected chi connectivity index (χ1v) is 8.07. The maximum atomic E-state index is 12.2.